The van der Waals surface area contributed by atoms with Crippen LogP contribution in [0.25, 0.3) is 0 Å². The first kappa shape index (κ1) is 25.0. The van der Waals surface area contributed by atoms with E-state index in [-0.39, 0.29) is 29.9 Å². The molecule has 0 atom stereocenters. The summed E-state index contributed by atoms with van der Waals surface area (Å²) in [6.07, 6.45) is 0. The first-order chi connectivity index (χ1) is 13.6. The number of aliphatic imine (C=N–C) groups is 1. The molecule has 7 nitrogen and oxygen atoms in total. The van der Waals surface area contributed by atoms with Crippen LogP contribution in [0.5, 0.6) is 11.5 Å². The molecule has 0 unspecified atom stereocenters. The van der Waals surface area contributed by atoms with E-state index in [9.17, 15) is 4.79 Å². The summed E-state index contributed by atoms with van der Waals surface area (Å²) in [6.45, 7) is 3.56. The summed E-state index contributed by atoms with van der Waals surface area (Å²) in [5, 5.41) is 9.25. The van der Waals surface area contributed by atoms with E-state index in [1.54, 1.807) is 26.4 Å². The molecule has 0 aliphatic heterocycles. The fraction of sp³-hybridized carbons (Fsp3) is 0.300. The summed E-state index contributed by atoms with van der Waals surface area (Å²) < 4.78 is 11.4. The van der Waals surface area contributed by atoms with Crippen molar-refractivity contribution in [3.8, 4) is 11.5 Å². The topological polar surface area (TPSA) is 84.0 Å². The minimum atomic E-state index is -0.130. The van der Waals surface area contributed by atoms with Crippen molar-refractivity contribution in [2.45, 2.75) is 6.92 Å². The first-order valence-corrected chi connectivity index (χ1v) is 9.67. The molecule has 29 heavy (non-hydrogen) atoms. The number of anilines is 1. The van der Waals surface area contributed by atoms with E-state index in [0.717, 1.165) is 10.2 Å². The maximum absolute atomic E-state index is 12.2. The number of amides is 1. The zero-order valence-electron chi connectivity index (χ0n) is 16.6. The molecule has 3 N–H and O–H groups in total. The summed E-state index contributed by atoms with van der Waals surface area (Å²) in [4.78, 5) is 16.6. The molecule has 0 saturated carbocycles. The molecule has 0 spiro atoms. The minimum Gasteiger partial charge on any atom is -0.493 e. The van der Waals surface area contributed by atoms with Crippen LogP contribution in [-0.2, 0) is 0 Å². The highest BCUT2D eigenvalue weighted by Gasteiger charge is 2.07. The van der Waals surface area contributed by atoms with Gasteiger partial charge in [-0.15, -0.1) is 24.0 Å². The van der Waals surface area contributed by atoms with Crippen LogP contribution in [0.4, 0.5) is 5.69 Å². The van der Waals surface area contributed by atoms with Gasteiger partial charge >= 0.3 is 0 Å². The monoisotopic (exact) mass is 576 g/mol. The number of methoxy groups -OCH3 is 2. The molecule has 1 amide bonds. The van der Waals surface area contributed by atoms with Gasteiger partial charge in [0.1, 0.15) is 0 Å². The lowest BCUT2D eigenvalue weighted by molar-refractivity contribution is 0.0954. The molecule has 0 radical (unpaired) electrons. The summed E-state index contributed by atoms with van der Waals surface area (Å²) in [5.41, 5.74) is 1.42. The molecule has 9 heteroatoms. The fourth-order valence-electron chi connectivity index (χ4n) is 2.43. The van der Waals surface area contributed by atoms with Crippen molar-refractivity contribution in [1.29, 1.82) is 0 Å². The zero-order chi connectivity index (χ0) is 20.4. The van der Waals surface area contributed by atoms with Crippen LogP contribution in [0.15, 0.2) is 51.9 Å². The van der Waals surface area contributed by atoms with Crippen molar-refractivity contribution in [2.24, 2.45) is 4.99 Å². The Hall–Kier alpha value is -2.01. The Morgan fingerprint density at radius 2 is 1.83 bits per heavy atom. The normalized spacial score (nSPS) is 10.6. The fourth-order valence-corrected chi connectivity index (χ4v) is 2.83. The average molecular weight is 577 g/mol. The van der Waals surface area contributed by atoms with Crippen molar-refractivity contribution in [3.05, 3.63) is 52.5 Å². The molecule has 0 heterocycles. The Kier molecular flexibility index (Phi) is 11.4. The summed E-state index contributed by atoms with van der Waals surface area (Å²) in [7, 11) is 3.19. The molecular weight excluding hydrogens is 551 g/mol. The van der Waals surface area contributed by atoms with Gasteiger partial charge in [-0.2, -0.15) is 0 Å². The van der Waals surface area contributed by atoms with Crippen LogP contribution in [0, 0.1) is 0 Å². The van der Waals surface area contributed by atoms with Crippen LogP contribution in [0.3, 0.4) is 0 Å². The summed E-state index contributed by atoms with van der Waals surface area (Å²) in [5.74, 6) is 1.77. The van der Waals surface area contributed by atoms with E-state index in [1.807, 2.05) is 37.3 Å². The molecule has 2 aromatic rings. The molecule has 0 fully saturated rings. The van der Waals surface area contributed by atoms with Crippen molar-refractivity contribution in [2.75, 3.05) is 39.2 Å². The number of benzene rings is 2. The number of hydrogen-bond acceptors (Lipinski definition) is 4. The predicted molar refractivity (Wildman–Crippen MR) is 131 cm³/mol. The number of nitrogens with zero attached hydrogens (tertiary/aromatic N) is 1. The van der Waals surface area contributed by atoms with Crippen molar-refractivity contribution in [1.82, 2.24) is 10.6 Å². The molecule has 0 saturated heterocycles. The molecule has 2 rings (SSSR count). The third kappa shape index (κ3) is 8.09. The van der Waals surface area contributed by atoms with Crippen LogP contribution in [-0.4, -0.2) is 45.7 Å². The summed E-state index contributed by atoms with van der Waals surface area (Å²) in [6, 6.07) is 12.8. The molecule has 0 aliphatic carbocycles. The van der Waals surface area contributed by atoms with E-state index in [2.05, 4.69) is 36.9 Å². The number of guanidine groups is 1. The lowest BCUT2D eigenvalue weighted by Crippen LogP contribution is -2.32. The number of carbonyl (C=O) groups is 1. The highest BCUT2D eigenvalue weighted by molar-refractivity contribution is 14.0. The predicted octanol–water partition coefficient (Wildman–Crippen LogP) is 3.89. The van der Waals surface area contributed by atoms with Gasteiger partial charge in [-0.1, -0.05) is 22.0 Å². The third-order valence-corrected chi connectivity index (χ3v) is 4.24. The molecule has 0 bridgehead atoms. The largest absolute Gasteiger partial charge is 0.493 e. The SMILES string of the molecule is CCNC(=NCCNC(=O)c1cccc(Br)c1)Nc1ccc(OC)c(OC)c1.I. The highest BCUT2D eigenvalue weighted by Crippen LogP contribution is 2.29. The zero-order valence-corrected chi connectivity index (χ0v) is 20.5. The number of halogens is 2. The standard InChI is InChI=1S/C20H25BrN4O3.HI/c1-4-22-20(25-16-8-9-17(27-2)18(13-16)28-3)24-11-10-23-19(26)14-6-5-7-15(21)12-14;/h5-9,12-13H,4,10-11H2,1-3H3,(H,23,26)(H2,22,24,25);1H. The quantitative estimate of drug-likeness (QED) is 0.192. The van der Waals surface area contributed by atoms with Gasteiger partial charge in [0.05, 0.1) is 20.8 Å². The number of rotatable bonds is 8. The molecule has 2 aromatic carbocycles. The Balaban J connectivity index is 0.00000420. The number of nitrogens with one attached hydrogen (secondary N) is 3. The highest BCUT2D eigenvalue weighted by atomic mass is 127. The van der Waals surface area contributed by atoms with Gasteiger partial charge in [0, 0.05) is 34.9 Å². The van der Waals surface area contributed by atoms with Gasteiger partial charge in [-0.25, -0.2) is 0 Å². The van der Waals surface area contributed by atoms with Gasteiger partial charge < -0.3 is 25.4 Å². The van der Waals surface area contributed by atoms with E-state index < -0.39 is 0 Å². The number of hydrogen-bond donors (Lipinski definition) is 3. The minimum absolute atomic E-state index is 0. The second-order valence-corrected chi connectivity index (χ2v) is 6.64. The first-order valence-electron chi connectivity index (χ1n) is 8.88. The van der Waals surface area contributed by atoms with Gasteiger partial charge in [-0.05, 0) is 37.3 Å². The lowest BCUT2D eigenvalue weighted by Gasteiger charge is -2.14. The lowest BCUT2D eigenvalue weighted by atomic mass is 10.2. The Morgan fingerprint density at radius 1 is 1.07 bits per heavy atom. The van der Waals surface area contributed by atoms with Crippen molar-refractivity contribution >= 4 is 57.5 Å². The van der Waals surface area contributed by atoms with Gasteiger partial charge in [0.2, 0.25) is 0 Å². The Bertz CT molecular complexity index is 833. The molecule has 0 aliphatic rings. The van der Waals surface area contributed by atoms with E-state index in [0.29, 0.717) is 42.7 Å². The smallest absolute Gasteiger partial charge is 0.251 e. The van der Waals surface area contributed by atoms with Crippen LogP contribution < -0.4 is 25.4 Å². The maximum Gasteiger partial charge on any atom is 0.251 e. The molecular formula is C20H26BrIN4O3. The Morgan fingerprint density at radius 3 is 2.48 bits per heavy atom. The van der Waals surface area contributed by atoms with Crippen molar-refractivity contribution < 1.29 is 14.3 Å². The van der Waals surface area contributed by atoms with Gasteiger partial charge in [0.15, 0.2) is 17.5 Å². The maximum atomic E-state index is 12.2. The number of carbonyl (C=O) groups excluding carboxylic acids is 1. The van der Waals surface area contributed by atoms with Gasteiger partial charge in [-0.3, -0.25) is 9.79 Å². The van der Waals surface area contributed by atoms with E-state index in [1.165, 1.54) is 0 Å². The van der Waals surface area contributed by atoms with Crippen LogP contribution in [0.2, 0.25) is 0 Å². The second kappa shape index (κ2) is 13.3. The molecule has 0 aromatic heterocycles. The van der Waals surface area contributed by atoms with Gasteiger partial charge in [0.25, 0.3) is 5.91 Å². The second-order valence-electron chi connectivity index (χ2n) is 5.72. The molecule has 158 valence electrons. The summed E-state index contributed by atoms with van der Waals surface area (Å²) >= 11 is 3.36. The Labute approximate surface area is 196 Å². The van der Waals surface area contributed by atoms with Crippen LogP contribution in [0.1, 0.15) is 17.3 Å². The number of ether oxygens (including phenoxy) is 2. The third-order valence-electron chi connectivity index (χ3n) is 3.74. The van der Waals surface area contributed by atoms with E-state index in [4.69, 9.17) is 9.47 Å². The average Bonchev–Trinajstić information content (AvgIpc) is 2.71. The van der Waals surface area contributed by atoms with E-state index >= 15 is 0 Å². The van der Waals surface area contributed by atoms with Crippen molar-refractivity contribution in [3.63, 3.8) is 0 Å². The van der Waals surface area contributed by atoms with Crippen LogP contribution >= 0.6 is 39.9 Å².